The molecule has 2 aliphatic heterocycles. The van der Waals surface area contributed by atoms with Gasteiger partial charge >= 0.3 is 0 Å². The highest BCUT2D eigenvalue weighted by Gasteiger charge is 2.47. The highest BCUT2D eigenvalue weighted by atomic mass is 16.5. The number of nitrogens with zero attached hydrogens (tertiary/aromatic N) is 4. The Morgan fingerprint density at radius 2 is 1.76 bits per heavy atom. The Hall–Kier alpha value is -2.70. The first-order valence-electron chi connectivity index (χ1n) is 10.5. The fourth-order valence-corrected chi connectivity index (χ4v) is 4.60. The SMILES string of the molecule is Cc1ncccc1Oc1ncnc(OC2CC3CCC(C2)N3C(=O)C2CC2)c1C. The van der Waals surface area contributed by atoms with E-state index in [9.17, 15) is 4.79 Å². The lowest BCUT2D eigenvalue weighted by Gasteiger charge is -2.39. The summed E-state index contributed by atoms with van der Waals surface area (Å²) < 4.78 is 12.3. The van der Waals surface area contributed by atoms with Crippen molar-refractivity contribution in [3.05, 3.63) is 35.9 Å². The molecule has 1 saturated carbocycles. The van der Waals surface area contributed by atoms with Gasteiger partial charge in [0.1, 0.15) is 12.4 Å². The monoisotopic (exact) mass is 394 g/mol. The van der Waals surface area contributed by atoms with Crippen molar-refractivity contribution in [3.8, 4) is 17.5 Å². The average Bonchev–Trinajstić information content (AvgIpc) is 3.52. The molecule has 1 aliphatic carbocycles. The van der Waals surface area contributed by atoms with Crippen molar-refractivity contribution in [1.82, 2.24) is 19.9 Å². The van der Waals surface area contributed by atoms with E-state index in [4.69, 9.17) is 9.47 Å². The minimum absolute atomic E-state index is 0.0670. The van der Waals surface area contributed by atoms with Crippen LogP contribution in [0.3, 0.4) is 0 Å². The molecular formula is C22H26N4O3. The molecule has 29 heavy (non-hydrogen) atoms. The van der Waals surface area contributed by atoms with Gasteiger partial charge in [0.25, 0.3) is 0 Å². The average molecular weight is 394 g/mol. The van der Waals surface area contributed by atoms with Crippen LogP contribution in [-0.2, 0) is 4.79 Å². The standard InChI is InChI=1S/C22H26N4O3/c1-13-20(24-12-25-21(13)29-19-4-3-9-23-14(19)2)28-18-10-16-7-8-17(11-18)26(16)22(27)15-5-6-15/h3-4,9,12,15-18H,5-8,10-11H2,1-2H3. The van der Waals surface area contributed by atoms with Crippen LogP contribution in [0.1, 0.15) is 49.8 Å². The molecule has 0 radical (unpaired) electrons. The summed E-state index contributed by atoms with van der Waals surface area (Å²) in [4.78, 5) is 27.7. The van der Waals surface area contributed by atoms with E-state index in [-0.39, 0.29) is 12.0 Å². The predicted molar refractivity (Wildman–Crippen MR) is 106 cm³/mol. The van der Waals surface area contributed by atoms with Crippen LogP contribution in [0.5, 0.6) is 17.5 Å². The number of ether oxygens (including phenoxy) is 2. The van der Waals surface area contributed by atoms with Gasteiger partial charge in [-0.15, -0.1) is 0 Å². The summed E-state index contributed by atoms with van der Waals surface area (Å²) in [5, 5.41) is 0. The first-order chi connectivity index (χ1) is 14.1. The first kappa shape index (κ1) is 18.3. The normalized spacial score (nSPS) is 25.7. The number of fused-ring (bicyclic) bond motifs is 2. The van der Waals surface area contributed by atoms with Crippen LogP contribution < -0.4 is 9.47 Å². The number of amides is 1. The molecule has 2 saturated heterocycles. The number of rotatable bonds is 5. The number of carbonyl (C=O) groups excluding carboxylic acids is 1. The van der Waals surface area contributed by atoms with Gasteiger partial charge in [-0.1, -0.05) is 0 Å². The minimum Gasteiger partial charge on any atom is -0.474 e. The Morgan fingerprint density at radius 3 is 2.45 bits per heavy atom. The van der Waals surface area contributed by atoms with Gasteiger partial charge in [-0.2, -0.15) is 0 Å². The number of hydrogen-bond acceptors (Lipinski definition) is 6. The molecule has 1 amide bonds. The number of aryl methyl sites for hydroxylation is 1. The molecule has 0 aromatic carbocycles. The third kappa shape index (κ3) is 3.54. The van der Waals surface area contributed by atoms with Gasteiger partial charge in [0.15, 0.2) is 5.75 Å². The van der Waals surface area contributed by atoms with Crippen LogP contribution in [0.4, 0.5) is 0 Å². The summed E-state index contributed by atoms with van der Waals surface area (Å²) in [6.07, 6.45) is 9.31. The fraction of sp³-hybridized carbons (Fsp3) is 0.545. The quantitative estimate of drug-likeness (QED) is 0.771. The molecule has 7 nitrogen and oxygen atoms in total. The van der Waals surface area contributed by atoms with Crippen molar-refractivity contribution in [1.29, 1.82) is 0 Å². The van der Waals surface area contributed by atoms with E-state index in [1.807, 2.05) is 26.0 Å². The molecule has 0 spiro atoms. The van der Waals surface area contributed by atoms with Crippen molar-refractivity contribution in [3.63, 3.8) is 0 Å². The predicted octanol–water partition coefficient (Wildman–Crippen LogP) is 3.59. The highest BCUT2D eigenvalue weighted by Crippen LogP contribution is 2.42. The second-order valence-corrected chi connectivity index (χ2v) is 8.41. The van der Waals surface area contributed by atoms with Gasteiger partial charge in [0.05, 0.1) is 11.3 Å². The third-order valence-corrected chi connectivity index (χ3v) is 6.31. The lowest BCUT2D eigenvalue weighted by Crippen LogP contribution is -2.49. The zero-order valence-electron chi connectivity index (χ0n) is 16.9. The molecular weight excluding hydrogens is 368 g/mol. The van der Waals surface area contributed by atoms with Crippen molar-refractivity contribution >= 4 is 5.91 Å². The minimum atomic E-state index is 0.0670. The summed E-state index contributed by atoms with van der Waals surface area (Å²) >= 11 is 0. The first-order valence-corrected chi connectivity index (χ1v) is 10.5. The van der Waals surface area contributed by atoms with Crippen LogP contribution in [0, 0.1) is 19.8 Å². The fourth-order valence-electron chi connectivity index (χ4n) is 4.60. The van der Waals surface area contributed by atoms with E-state index < -0.39 is 0 Å². The van der Waals surface area contributed by atoms with Crippen molar-refractivity contribution in [2.45, 2.75) is 70.6 Å². The van der Waals surface area contributed by atoms with Crippen molar-refractivity contribution in [2.24, 2.45) is 5.92 Å². The van der Waals surface area contributed by atoms with E-state index in [0.29, 0.717) is 35.5 Å². The molecule has 3 fully saturated rings. The molecule has 2 unspecified atom stereocenters. The van der Waals surface area contributed by atoms with Gasteiger partial charge in [-0.25, -0.2) is 9.97 Å². The van der Waals surface area contributed by atoms with E-state index in [2.05, 4.69) is 19.9 Å². The van der Waals surface area contributed by atoms with E-state index in [1.165, 1.54) is 6.33 Å². The number of pyridine rings is 1. The summed E-state index contributed by atoms with van der Waals surface area (Å²) in [6, 6.07) is 4.32. The largest absolute Gasteiger partial charge is 0.474 e. The van der Waals surface area contributed by atoms with Crippen LogP contribution in [0.25, 0.3) is 0 Å². The maximum absolute atomic E-state index is 12.6. The van der Waals surface area contributed by atoms with Crippen LogP contribution >= 0.6 is 0 Å². The number of aromatic nitrogens is 3. The molecule has 2 aromatic rings. The van der Waals surface area contributed by atoms with Crippen molar-refractivity contribution in [2.75, 3.05) is 0 Å². The molecule has 7 heteroatoms. The maximum atomic E-state index is 12.6. The van der Waals surface area contributed by atoms with Crippen molar-refractivity contribution < 1.29 is 14.3 Å². The summed E-state index contributed by atoms with van der Waals surface area (Å²) in [5.74, 6) is 2.37. The zero-order chi connectivity index (χ0) is 20.0. The van der Waals surface area contributed by atoms with Gasteiger partial charge in [0, 0.05) is 37.0 Å². The molecule has 5 rings (SSSR count). The third-order valence-electron chi connectivity index (χ3n) is 6.31. The second kappa shape index (κ2) is 7.28. The second-order valence-electron chi connectivity index (χ2n) is 8.41. The van der Waals surface area contributed by atoms with Crippen LogP contribution in [-0.4, -0.2) is 43.9 Å². The lowest BCUT2D eigenvalue weighted by atomic mass is 9.99. The molecule has 152 valence electrons. The van der Waals surface area contributed by atoms with E-state index >= 15 is 0 Å². The van der Waals surface area contributed by atoms with E-state index in [1.54, 1.807) is 6.20 Å². The van der Waals surface area contributed by atoms with Crippen LogP contribution in [0.2, 0.25) is 0 Å². The number of hydrogen-bond donors (Lipinski definition) is 0. The smallest absolute Gasteiger partial charge is 0.229 e. The van der Waals surface area contributed by atoms with E-state index in [0.717, 1.165) is 49.8 Å². The van der Waals surface area contributed by atoms with Crippen LogP contribution in [0.15, 0.2) is 24.7 Å². The Balaban J connectivity index is 1.29. The van der Waals surface area contributed by atoms with Gasteiger partial charge < -0.3 is 14.4 Å². The number of carbonyl (C=O) groups is 1. The highest BCUT2D eigenvalue weighted by molar-refractivity contribution is 5.82. The Morgan fingerprint density at radius 1 is 1.03 bits per heavy atom. The zero-order valence-corrected chi connectivity index (χ0v) is 16.9. The molecule has 4 heterocycles. The summed E-state index contributed by atoms with van der Waals surface area (Å²) in [5.41, 5.74) is 1.58. The topological polar surface area (TPSA) is 77.4 Å². The Labute approximate surface area is 170 Å². The Kier molecular flexibility index (Phi) is 4.60. The summed E-state index contributed by atoms with van der Waals surface area (Å²) in [7, 11) is 0. The maximum Gasteiger partial charge on any atom is 0.229 e. The summed E-state index contributed by atoms with van der Waals surface area (Å²) in [6.45, 7) is 3.81. The van der Waals surface area contributed by atoms with Gasteiger partial charge in [0.2, 0.25) is 17.7 Å². The molecule has 3 aliphatic rings. The molecule has 2 aromatic heterocycles. The lowest BCUT2D eigenvalue weighted by molar-refractivity contribution is -0.138. The van der Waals surface area contributed by atoms with Gasteiger partial charge in [-0.3, -0.25) is 9.78 Å². The molecule has 0 N–H and O–H groups in total. The Bertz CT molecular complexity index is 916. The molecule has 2 atom stereocenters. The molecule has 2 bridgehead atoms. The number of piperidine rings is 1. The van der Waals surface area contributed by atoms with Gasteiger partial charge in [-0.05, 0) is 51.7 Å².